The Bertz CT molecular complexity index is 1170. The van der Waals surface area contributed by atoms with Crippen molar-refractivity contribution in [1.82, 2.24) is 4.98 Å². The van der Waals surface area contributed by atoms with Gasteiger partial charge >= 0.3 is 0 Å². The minimum atomic E-state index is -1.99. The molecule has 0 unspecified atom stereocenters. The molecule has 0 aliphatic rings. The van der Waals surface area contributed by atoms with E-state index < -0.39 is 7.26 Å². The van der Waals surface area contributed by atoms with E-state index in [0.717, 1.165) is 17.4 Å². The summed E-state index contributed by atoms with van der Waals surface area (Å²) in [6, 6.07) is 36.5. The van der Waals surface area contributed by atoms with Crippen molar-refractivity contribution in [3.63, 3.8) is 0 Å². The molecule has 0 atom stereocenters. The lowest BCUT2D eigenvalue weighted by Crippen LogP contribution is -2.32. The van der Waals surface area contributed by atoms with Gasteiger partial charge in [0.05, 0.1) is 5.69 Å². The first-order valence-corrected chi connectivity index (χ1v) is 12.2. The maximum Gasteiger partial charge on any atom is 0.153 e. The zero-order chi connectivity index (χ0) is 20.4. The number of nitrogens with zero attached hydrogens (tertiary/aromatic N) is 1. The van der Waals surface area contributed by atoms with Crippen molar-refractivity contribution in [3.05, 3.63) is 120 Å². The summed E-state index contributed by atoms with van der Waals surface area (Å²) in [6.45, 7) is 0. The lowest BCUT2D eigenvalue weighted by Gasteiger charge is -2.27. The molecule has 0 saturated heterocycles. The van der Waals surface area contributed by atoms with Crippen LogP contribution in [0, 0.1) is 0 Å². The molecule has 2 heterocycles. The van der Waals surface area contributed by atoms with Crippen LogP contribution in [0.25, 0.3) is 11.1 Å². The van der Waals surface area contributed by atoms with Gasteiger partial charge in [0.25, 0.3) is 0 Å². The molecule has 0 saturated carbocycles. The molecule has 0 amide bonds. The van der Waals surface area contributed by atoms with Crippen LogP contribution in [0.15, 0.2) is 114 Å². The number of fused-ring (bicyclic) bond motifs is 1. The van der Waals surface area contributed by atoms with Gasteiger partial charge in [0.2, 0.25) is 0 Å². The van der Waals surface area contributed by atoms with E-state index in [4.69, 9.17) is 21.0 Å². The van der Waals surface area contributed by atoms with Crippen molar-refractivity contribution >= 4 is 45.9 Å². The molecule has 5 aromatic rings. The predicted octanol–water partition coefficient (Wildman–Crippen LogP) is 5.98. The number of hydrogen-bond acceptors (Lipinski definition) is 2. The molecule has 0 spiro atoms. The first-order chi connectivity index (χ1) is 14.8. The Balaban J connectivity index is 1.77. The molecule has 3 aromatic carbocycles. The summed E-state index contributed by atoms with van der Waals surface area (Å²) in [5.74, 6) is 0. The number of aromatic nitrogens is 1. The van der Waals surface area contributed by atoms with Crippen LogP contribution in [0.2, 0.25) is 5.02 Å². The number of hydrogen-bond donors (Lipinski definition) is 0. The van der Waals surface area contributed by atoms with Gasteiger partial charge in [0, 0.05) is 0 Å². The number of rotatable bonds is 5. The van der Waals surface area contributed by atoms with E-state index in [2.05, 4.69) is 97.1 Å². The summed E-state index contributed by atoms with van der Waals surface area (Å²) in [6.07, 6.45) is 2.36. The highest BCUT2D eigenvalue weighted by Gasteiger charge is 2.45. The molecular weight excluding hydrogens is 409 g/mol. The largest absolute Gasteiger partial charge is 0.461 e. The molecule has 146 valence electrons. The third-order valence-electron chi connectivity index (χ3n) is 5.42. The fourth-order valence-corrected chi connectivity index (χ4v) is 8.35. The molecular formula is C26H20ClNOP+. The predicted molar refractivity (Wildman–Crippen MR) is 128 cm³/mol. The van der Waals surface area contributed by atoms with Crippen LogP contribution in [0.4, 0.5) is 0 Å². The highest BCUT2D eigenvalue weighted by Crippen LogP contribution is 2.58. The molecule has 0 aliphatic carbocycles. The molecule has 2 nitrogen and oxygen atoms in total. The maximum absolute atomic E-state index is 6.32. The van der Waals surface area contributed by atoms with Crippen LogP contribution < -0.4 is 15.9 Å². The lowest BCUT2D eigenvalue weighted by atomic mass is 10.3. The smallest absolute Gasteiger partial charge is 0.153 e. The average molecular weight is 429 g/mol. The first-order valence-electron chi connectivity index (χ1n) is 9.85. The average Bonchev–Trinajstić information content (AvgIpc) is 3.19. The van der Waals surface area contributed by atoms with E-state index in [1.54, 1.807) is 6.26 Å². The van der Waals surface area contributed by atoms with Crippen molar-refractivity contribution in [2.45, 2.75) is 6.16 Å². The molecule has 0 N–H and O–H groups in total. The number of furan rings is 1. The highest BCUT2D eigenvalue weighted by molar-refractivity contribution is 7.95. The Labute approximate surface area is 181 Å². The molecule has 0 aliphatic heterocycles. The van der Waals surface area contributed by atoms with Crippen molar-refractivity contribution in [1.29, 1.82) is 0 Å². The van der Waals surface area contributed by atoms with Gasteiger partial charge < -0.3 is 4.42 Å². The Kier molecular flexibility index (Phi) is 5.12. The molecule has 30 heavy (non-hydrogen) atoms. The second kappa shape index (κ2) is 8.07. The molecule has 0 radical (unpaired) electrons. The Hall–Kier alpha value is -2.93. The Morgan fingerprint density at radius 1 is 0.667 bits per heavy atom. The second-order valence-corrected chi connectivity index (χ2v) is 11.1. The van der Waals surface area contributed by atoms with Crippen LogP contribution in [-0.2, 0) is 6.16 Å². The summed E-state index contributed by atoms with van der Waals surface area (Å²) in [7, 11) is -1.99. The van der Waals surface area contributed by atoms with E-state index in [1.807, 2.05) is 6.07 Å². The van der Waals surface area contributed by atoms with E-state index in [-0.39, 0.29) is 0 Å². The van der Waals surface area contributed by atoms with Gasteiger partial charge in [-0.3, -0.25) is 0 Å². The number of halogens is 1. The van der Waals surface area contributed by atoms with E-state index >= 15 is 0 Å². The van der Waals surface area contributed by atoms with E-state index in [9.17, 15) is 0 Å². The molecule has 5 rings (SSSR count). The minimum absolute atomic E-state index is 0.551. The zero-order valence-electron chi connectivity index (χ0n) is 16.3. The lowest BCUT2D eigenvalue weighted by molar-refractivity contribution is 0.615. The second-order valence-electron chi connectivity index (χ2n) is 7.21. The van der Waals surface area contributed by atoms with E-state index in [1.165, 1.54) is 15.9 Å². The zero-order valence-corrected chi connectivity index (χ0v) is 17.9. The van der Waals surface area contributed by atoms with Gasteiger partial charge in [0.15, 0.2) is 5.58 Å². The topological polar surface area (TPSA) is 26.0 Å². The third kappa shape index (κ3) is 3.33. The fourth-order valence-electron chi connectivity index (χ4n) is 4.02. The van der Waals surface area contributed by atoms with Crippen LogP contribution >= 0.6 is 18.9 Å². The van der Waals surface area contributed by atoms with Crippen LogP contribution in [-0.4, -0.2) is 4.98 Å². The van der Waals surface area contributed by atoms with Gasteiger partial charge in [-0.1, -0.05) is 66.2 Å². The van der Waals surface area contributed by atoms with Gasteiger partial charge in [-0.2, -0.15) is 0 Å². The van der Waals surface area contributed by atoms with Crippen molar-refractivity contribution in [3.8, 4) is 0 Å². The van der Waals surface area contributed by atoms with Crippen LogP contribution in [0.3, 0.4) is 0 Å². The Morgan fingerprint density at radius 3 is 1.67 bits per heavy atom. The summed E-state index contributed by atoms with van der Waals surface area (Å²) in [5, 5.41) is 4.56. The monoisotopic (exact) mass is 428 g/mol. The summed E-state index contributed by atoms with van der Waals surface area (Å²) in [5.41, 5.74) is 2.45. The minimum Gasteiger partial charge on any atom is -0.461 e. The van der Waals surface area contributed by atoms with Crippen molar-refractivity contribution in [2.24, 2.45) is 0 Å². The van der Waals surface area contributed by atoms with Crippen LogP contribution in [0.1, 0.15) is 5.69 Å². The highest BCUT2D eigenvalue weighted by atomic mass is 35.5. The van der Waals surface area contributed by atoms with Gasteiger partial charge in [-0.25, -0.2) is 4.98 Å². The first kappa shape index (κ1) is 19.1. The summed E-state index contributed by atoms with van der Waals surface area (Å²) >= 11 is 6.32. The maximum atomic E-state index is 6.32. The van der Waals surface area contributed by atoms with Crippen molar-refractivity contribution < 1.29 is 4.42 Å². The third-order valence-corrected chi connectivity index (χ3v) is 10.0. The summed E-state index contributed by atoms with van der Waals surface area (Å²) in [4.78, 5) is 4.90. The normalized spacial score (nSPS) is 11.6. The van der Waals surface area contributed by atoms with Crippen LogP contribution in [0.5, 0.6) is 0 Å². The van der Waals surface area contributed by atoms with Gasteiger partial charge in [-0.15, -0.1) is 0 Å². The Morgan fingerprint density at radius 2 is 1.17 bits per heavy atom. The fraction of sp³-hybridized carbons (Fsp3) is 0.0385. The van der Waals surface area contributed by atoms with Gasteiger partial charge in [-0.05, 0) is 48.5 Å². The number of pyridine rings is 1. The standard InChI is InChI=1S/C26H20ClNOP/c27-24-18-29-25-17-16-20(28-26(24)25)19-30(21-10-4-1-5-11-21,22-12-6-2-7-13-22)23-14-8-3-9-15-23/h1-18H,19H2/q+1. The van der Waals surface area contributed by atoms with Gasteiger partial charge in [0.1, 0.15) is 46.1 Å². The summed E-state index contributed by atoms with van der Waals surface area (Å²) < 4.78 is 5.50. The van der Waals surface area contributed by atoms with Crippen molar-refractivity contribution in [2.75, 3.05) is 0 Å². The molecule has 0 bridgehead atoms. The molecule has 4 heteroatoms. The number of benzene rings is 3. The quantitative estimate of drug-likeness (QED) is 0.322. The van der Waals surface area contributed by atoms with E-state index in [0.29, 0.717) is 10.6 Å². The molecule has 0 fully saturated rings. The molecule has 2 aromatic heterocycles. The SMILES string of the molecule is Clc1coc2ccc(C[P+](c3ccccc3)(c3ccccc3)c3ccccc3)nc12.